The van der Waals surface area contributed by atoms with Crippen LogP contribution in [0.5, 0.6) is 0 Å². The Hall–Kier alpha value is -1.14. The molecule has 5 nitrogen and oxygen atoms in total. The van der Waals surface area contributed by atoms with Crippen LogP contribution in [0, 0.1) is 0 Å². The van der Waals surface area contributed by atoms with E-state index in [1.54, 1.807) is 11.3 Å². The number of fused-ring (bicyclic) bond motifs is 1. The number of carbonyl (C=O) groups excluding carboxylic acids is 1. The van der Waals surface area contributed by atoms with Crippen LogP contribution in [-0.2, 0) is 20.7 Å². The first kappa shape index (κ1) is 15.3. The third-order valence-corrected chi connectivity index (χ3v) is 4.34. The number of nitrogens with zero attached hydrogens (tertiary/aromatic N) is 1. The van der Waals surface area contributed by atoms with E-state index >= 15 is 0 Å². The molecule has 1 aliphatic carbocycles. The first-order valence-electron chi connectivity index (χ1n) is 7.24. The van der Waals surface area contributed by atoms with E-state index in [1.165, 1.54) is 4.88 Å². The smallest absolute Gasteiger partial charge is 0.315 e. The number of ether oxygens (including phenoxy) is 2. The molecule has 1 atom stereocenters. The zero-order valence-corrected chi connectivity index (χ0v) is 12.9. The Bertz CT molecular complexity index is 448. The van der Waals surface area contributed by atoms with Gasteiger partial charge in [-0.1, -0.05) is 0 Å². The van der Waals surface area contributed by atoms with Crippen molar-refractivity contribution in [3.63, 3.8) is 0 Å². The Morgan fingerprint density at radius 2 is 2.30 bits per heavy atom. The van der Waals surface area contributed by atoms with E-state index in [1.807, 2.05) is 13.8 Å². The molecule has 0 amide bonds. The van der Waals surface area contributed by atoms with E-state index in [0.717, 1.165) is 43.2 Å². The Morgan fingerprint density at radius 1 is 1.45 bits per heavy atom. The third-order valence-electron chi connectivity index (χ3n) is 3.25. The van der Waals surface area contributed by atoms with Crippen LogP contribution in [0.4, 0.5) is 5.13 Å². The van der Waals surface area contributed by atoms with Gasteiger partial charge in [-0.3, -0.25) is 4.79 Å². The summed E-state index contributed by atoms with van der Waals surface area (Å²) >= 11 is 1.65. The van der Waals surface area contributed by atoms with Gasteiger partial charge in [-0.15, -0.1) is 11.3 Å². The highest BCUT2D eigenvalue weighted by molar-refractivity contribution is 7.15. The number of thiazole rings is 1. The quantitative estimate of drug-likeness (QED) is 0.619. The largest absolute Gasteiger partial charge is 0.465 e. The minimum Gasteiger partial charge on any atom is -0.465 e. The second-order valence-electron chi connectivity index (χ2n) is 4.65. The van der Waals surface area contributed by atoms with Crippen LogP contribution >= 0.6 is 11.3 Å². The van der Waals surface area contributed by atoms with Crippen LogP contribution in [-0.4, -0.2) is 37.3 Å². The summed E-state index contributed by atoms with van der Waals surface area (Å²) in [6, 6.07) is 0. The van der Waals surface area contributed by atoms with Gasteiger partial charge in [0, 0.05) is 18.0 Å². The van der Waals surface area contributed by atoms with Gasteiger partial charge in [0.05, 0.1) is 18.9 Å². The van der Waals surface area contributed by atoms with Crippen molar-refractivity contribution in [2.75, 3.05) is 31.7 Å². The van der Waals surface area contributed by atoms with Gasteiger partial charge in [0.1, 0.15) is 5.92 Å². The molecule has 0 saturated carbocycles. The lowest BCUT2D eigenvalue weighted by Crippen LogP contribution is -2.20. The molecule has 2 rings (SSSR count). The minimum atomic E-state index is -0.183. The second kappa shape index (κ2) is 7.59. The van der Waals surface area contributed by atoms with Crippen LogP contribution in [0.2, 0.25) is 0 Å². The second-order valence-corrected chi connectivity index (χ2v) is 5.73. The van der Waals surface area contributed by atoms with Crippen LogP contribution in [0.25, 0.3) is 0 Å². The molecular weight excluding hydrogens is 276 g/mol. The van der Waals surface area contributed by atoms with Crippen molar-refractivity contribution >= 4 is 22.4 Å². The highest BCUT2D eigenvalue weighted by Gasteiger charge is 2.31. The number of esters is 1. The van der Waals surface area contributed by atoms with Gasteiger partial charge in [-0.05, 0) is 33.1 Å². The van der Waals surface area contributed by atoms with Crippen LogP contribution < -0.4 is 5.32 Å². The van der Waals surface area contributed by atoms with Crippen LogP contribution in [0.1, 0.15) is 43.2 Å². The number of rotatable bonds is 7. The van der Waals surface area contributed by atoms with E-state index < -0.39 is 0 Å². The summed E-state index contributed by atoms with van der Waals surface area (Å²) in [7, 11) is 0. The summed E-state index contributed by atoms with van der Waals surface area (Å²) in [5.41, 5.74) is 0.915. The molecule has 0 saturated heterocycles. The minimum absolute atomic E-state index is 0.139. The molecule has 0 fully saturated rings. The standard InChI is InChI=1S/C14H22N2O3S/c1-3-18-9-8-15-14-16-12-10(13(17)19-4-2)6-5-7-11(12)20-14/h10H,3-9H2,1-2H3,(H,15,16). The molecule has 1 unspecified atom stereocenters. The third kappa shape index (κ3) is 3.70. The molecule has 1 aromatic heterocycles. The average Bonchev–Trinajstić information content (AvgIpc) is 2.86. The number of aromatic nitrogens is 1. The maximum atomic E-state index is 12.0. The summed E-state index contributed by atoms with van der Waals surface area (Å²) in [5, 5.41) is 4.14. The van der Waals surface area contributed by atoms with E-state index in [9.17, 15) is 4.79 Å². The first-order valence-corrected chi connectivity index (χ1v) is 8.05. The molecule has 1 heterocycles. The lowest BCUT2D eigenvalue weighted by molar-refractivity contribution is -0.145. The Labute approximate surface area is 123 Å². The van der Waals surface area contributed by atoms with Gasteiger partial charge >= 0.3 is 5.97 Å². The summed E-state index contributed by atoms with van der Waals surface area (Å²) in [4.78, 5) is 17.8. The summed E-state index contributed by atoms with van der Waals surface area (Å²) in [6.45, 7) is 6.37. The van der Waals surface area contributed by atoms with Crippen molar-refractivity contribution in [1.82, 2.24) is 4.98 Å². The highest BCUT2D eigenvalue weighted by Crippen LogP contribution is 2.37. The highest BCUT2D eigenvalue weighted by atomic mass is 32.1. The molecule has 0 aromatic carbocycles. The van der Waals surface area contributed by atoms with Gasteiger partial charge in [0.2, 0.25) is 0 Å². The zero-order chi connectivity index (χ0) is 14.4. The van der Waals surface area contributed by atoms with Crippen LogP contribution in [0.15, 0.2) is 0 Å². The fourth-order valence-electron chi connectivity index (χ4n) is 2.34. The number of nitrogens with one attached hydrogen (secondary N) is 1. The fraction of sp³-hybridized carbons (Fsp3) is 0.714. The van der Waals surface area contributed by atoms with Gasteiger partial charge in [0.15, 0.2) is 5.13 Å². The lowest BCUT2D eigenvalue weighted by atomic mass is 9.91. The molecule has 6 heteroatoms. The fourth-order valence-corrected chi connectivity index (χ4v) is 3.43. The molecule has 0 spiro atoms. The van der Waals surface area contributed by atoms with Crippen molar-refractivity contribution in [2.45, 2.75) is 39.0 Å². The predicted octanol–water partition coefficient (Wildman–Crippen LogP) is 2.57. The molecule has 1 aromatic rings. The van der Waals surface area contributed by atoms with Crippen molar-refractivity contribution in [3.05, 3.63) is 10.6 Å². The van der Waals surface area contributed by atoms with Crippen molar-refractivity contribution in [3.8, 4) is 0 Å². The molecule has 0 bridgehead atoms. The number of carbonyl (C=O) groups is 1. The molecule has 0 radical (unpaired) electrons. The number of hydrogen-bond donors (Lipinski definition) is 1. The number of aryl methyl sites for hydroxylation is 1. The Kier molecular flexibility index (Phi) is 5.79. The number of anilines is 1. The molecule has 1 aliphatic rings. The maximum Gasteiger partial charge on any atom is 0.315 e. The molecular formula is C14H22N2O3S. The monoisotopic (exact) mass is 298 g/mol. The Balaban J connectivity index is 2.00. The maximum absolute atomic E-state index is 12.0. The van der Waals surface area contributed by atoms with Gasteiger partial charge in [0.25, 0.3) is 0 Å². The van der Waals surface area contributed by atoms with E-state index in [-0.39, 0.29) is 11.9 Å². The SMILES string of the molecule is CCOCCNc1nc2c(s1)CCCC2C(=O)OCC. The number of hydrogen-bond acceptors (Lipinski definition) is 6. The molecule has 20 heavy (non-hydrogen) atoms. The summed E-state index contributed by atoms with van der Waals surface area (Å²) in [6.07, 6.45) is 2.88. The van der Waals surface area contributed by atoms with E-state index in [0.29, 0.717) is 13.2 Å². The first-order chi connectivity index (χ1) is 9.76. The van der Waals surface area contributed by atoms with Gasteiger partial charge < -0.3 is 14.8 Å². The van der Waals surface area contributed by atoms with Gasteiger partial charge in [-0.25, -0.2) is 4.98 Å². The molecule has 0 aliphatic heterocycles. The molecule has 112 valence electrons. The molecule has 1 N–H and O–H groups in total. The van der Waals surface area contributed by atoms with Crippen molar-refractivity contribution in [2.24, 2.45) is 0 Å². The van der Waals surface area contributed by atoms with E-state index in [2.05, 4.69) is 10.3 Å². The van der Waals surface area contributed by atoms with Gasteiger partial charge in [-0.2, -0.15) is 0 Å². The summed E-state index contributed by atoms with van der Waals surface area (Å²) in [5.74, 6) is -0.322. The lowest BCUT2D eigenvalue weighted by Gasteiger charge is -2.19. The average molecular weight is 298 g/mol. The normalized spacial score (nSPS) is 17.6. The zero-order valence-electron chi connectivity index (χ0n) is 12.1. The van der Waals surface area contributed by atoms with Crippen molar-refractivity contribution in [1.29, 1.82) is 0 Å². The van der Waals surface area contributed by atoms with Crippen LogP contribution in [0.3, 0.4) is 0 Å². The van der Waals surface area contributed by atoms with Crippen molar-refractivity contribution < 1.29 is 14.3 Å². The topological polar surface area (TPSA) is 60.5 Å². The summed E-state index contributed by atoms with van der Waals surface area (Å²) < 4.78 is 10.4. The predicted molar refractivity (Wildman–Crippen MR) is 79.4 cm³/mol. The Morgan fingerprint density at radius 3 is 3.05 bits per heavy atom. The van der Waals surface area contributed by atoms with E-state index in [4.69, 9.17) is 9.47 Å².